The molecule has 1 aromatic rings. The van der Waals surface area contributed by atoms with Crippen molar-refractivity contribution in [3.8, 4) is 0 Å². The van der Waals surface area contributed by atoms with Gasteiger partial charge in [0.1, 0.15) is 12.3 Å². The summed E-state index contributed by atoms with van der Waals surface area (Å²) in [5.74, 6) is 0.182. The van der Waals surface area contributed by atoms with E-state index in [0.717, 1.165) is 0 Å². The van der Waals surface area contributed by atoms with Gasteiger partial charge in [0.05, 0.1) is 19.4 Å². The highest BCUT2D eigenvalue weighted by atomic mass is 16.5. The minimum Gasteiger partial charge on any atom is -0.467 e. The molecule has 16 heavy (non-hydrogen) atoms. The van der Waals surface area contributed by atoms with Crippen LogP contribution >= 0.6 is 0 Å². The first-order chi connectivity index (χ1) is 7.72. The zero-order chi connectivity index (χ0) is 11.8. The Labute approximate surface area is 93.0 Å². The third kappa shape index (κ3) is 4.50. The molecule has 0 aliphatic carbocycles. The van der Waals surface area contributed by atoms with Gasteiger partial charge in [-0.3, -0.25) is 4.79 Å². The van der Waals surface area contributed by atoms with Gasteiger partial charge in [0.2, 0.25) is 0 Å². The maximum Gasteiger partial charge on any atom is 0.325 e. The van der Waals surface area contributed by atoms with Crippen molar-refractivity contribution in [2.45, 2.75) is 13.5 Å². The molecule has 0 fully saturated rings. The maximum absolute atomic E-state index is 11.2. The molecule has 2 amide bonds. The largest absolute Gasteiger partial charge is 0.467 e. The van der Waals surface area contributed by atoms with Crippen molar-refractivity contribution in [2.75, 3.05) is 13.2 Å². The first-order valence-corrected chi connectivity index (χ1v) is 4.92. The molecule has 0 spiro atoms. The van der Waals surface area contributed by atoms with Crippen LogP contribution in [0.15, 0.2) is 22.8 Å². The van der Waals surface area contributed by atoms with Crippen molar-refractivity contribution in [1.82, 2.24) is 10.6 Å². The molecule has 6 heteroatoms. The van der Waals surface area contributed by atoms with Gasteiger partial charge < -0.3 is 19.8 Å². The van der Waals surface area contributed by atoms with Crippen molar-refractivity contribution in [3.05, 3.63) is 24.2 Å². The van der Waals surface area contributed by atoms with Crippen LogP contribution in [0.5, 0.6) is 0 Å². The quantitative estimate of drug-likeness (QED) is 0.722. The molecule has 0 aliphatic rings. The highest BCUT2D eigenvalue weighted by molar-refractivity contribution is 5.80. The Balaban J connectivity index is 2.14. The Morgan fingerprint density at radius 1 is 1.44 bits per heavy atom. The van der Waals surface area contributed by atoms with Crippen LogP contribution in [0.25, 0.3) is 0 Å². The van der Waals surface area contributed by atoms with E-state index in [4.69, 9.17) is 4.42 Å². The van der Waals surface area contributed by atoms with E-state index in [1.165, 1.54) is 6.26 Å². The second kappa shape index (κ2) is 6.49. The zero-order valence-corrected chi connectivity index (χ0v) is 8.99. The van der Waals surface area contributed by atoms with E-state index in [2.05, 4.69) is 15.4 Å². The summed E-state index contributed by atoms with van der Waals surface area (Å²) in [4.78, 5) is 22.1. The fourth-order valence-electron chi connectivity index (χ4n) is 1.01. The molecule has 1 heterocycles. The first kappa shape index (κ1) is 12.1. The molecule has 0 radical (unpaired) electrons. The van der Waals surface area contributed by atoms with Crippen LogP contribution in [0.3, 0.4) is 0 Å². The van der Waals surface area contributed by atoms with Crippen molar-refractivity contribution in [1.29, 1.82) is 0 Å². The number of hydrogen-bond donors (Lipinski definition) is 2. The predicted molar refractivity (Wildman–Crippen MR) is 55.6 cm³/mol. The summed E-state index contributed by atoms with van der Waals surface area (Å²) in [7, 11) is 0. The molecule has 0 saturated carbocycles. The van der Waals surface area contributed by atoms with Crippen LogP contribution in [-0.2, 0) is 16.1 Å². The van der Waals surface area contributed by atoms with E-state index < -0.39 is 12.0 Å². The Kier molecular flexibility index (Phi) is 4.91. The second-order valence-corrected chi connectivity index (χ2v) is 2.92. The van der Waals surface area contributed by atoms with Gasteiger partial charge in [-0.1, -0.05) is 0 Å². The van der Waals surface area contributed by atoms with Crippen LogP contribution in [-0.4, -0.2) is 25.2 Å². The lowest BCUT2D eigenvalue weighted by molar-refractivity contribution is -0.141. The Bertz CT molecular complexity index is 335. The summed E-state index contributed by atoms with van der Waals surface area (Å²) < 4.78 is 9.66. The molecule has 6 nitrogen and oxygen atoms in total. The average molecular weight is 226 g/mol. The highest BCUT2D eigenvalue weighted by Gasteiger charge is 2.05. The number of amides is 2. The third-order valence-corrected chi connectivity index (χ3v) is 1.70. The van der Waals surface area contributed by atoms with Gasteiger partial charge in [0.15, 0.2) is 0 Å². The van der Waals surface area contributed by atoms with Gasteiger partial charge in [0, 0.05) is 0 Å². The van der Waals surface area contributed by atoms with E-state index in [0.29, 0.717) is 12.4 Å². The zero-order valence-electron chi connectivity index (χ0n) is 8.99. The molecule has 2 N–H and O–H groups in total. The van der Waals surface area contributed by atoms with Crippen molar-refractivity contribution < 1.29 is 18.7 Å². The number of nitrogens with one attached hydrogen (secondary N) is 2. The van der Waals surface area contributed by atoms with Crippen LogP contribution in [0, 0.1) is 0 Å². The minimum atomic E-state index is -0.462. The van der Waals surface area contributed by atoms with Crippen molar-refractivity contribution in [2.24, 2.45) is 0 Å². The van der Waals surface area contributed by atoms with Crippen LogP contribution in [0.2, 0.25) is 0 Å². The van der Waals surface area contributed by atoms with E-state index in [1.54, 1.807) is 19.1 Å². The van der Waals surface area contributed by atoms with E-state index in [9.17, 15) is 9.59 Å². The molecule has 1 rings (SSSR count). The van der Waals surface area contributed by atoms with Gasteiger partial charge in [-0.2, -0.15) is 0 Å². The molecule has 0 aromatic carbocycles. The number of ether oxygens (including phenoxy) is 1. The summed E-state index contributed by atoms with van der Waals surface area (Å²) in [5, 5.41) is 4.89. The summed E-state index contributed by atoms with van der Waals surface area (Å²) in [6, 6.07) is 3.03. The second-order valence-electron chi connectivity index (χ2n) is 2.92. The maximum atomic E-state index is 11.2. The fraction of sp³-hybridized carbons (Fsp3) is 0.400. The normalized spacial score (nSPS) is 9.56. The predicted octanol–water partition coefficient (Wildman–Crippen LogP) is 0.642. The topological polar surface area (TPSA) is 80.6 Å². The fourth-order valence-corrected chi connectivity index (χ4v) is 1.01. The molecule has 88 valence electrons. The number of furan rings is 1. The van der Waals surface area contributed by atoms with Gasteiger partial charge in [-0.05, 0) is 19.1 Å². The standard InChI is InChI=1S/C10H14N2O4/c1-2-15-9(13)7-12-10(14)11-6-8-4-3-5-16-8/h3-5H,2,6-7H2,1H3,(H2,11,12,14). The minimum absolute atomic E-state index is 0.141. The first-order valence-electron chi connectivity index (χ1n) is 4.92. The number of hydrogen-bond acceptors (Lipinski definition) is 4. The molecule has 0 atom stereocenters. The Morgan fingerprint density at radius 2 is 2.25 bits per heavy atom. The van der Waals surface area contributed by atoms with Gasteiger partial charge >= 0.3 is 12.0 Å². The van der Waals surface area contributed by atoms with Crippen molar-refractivity contribution in [3.63, 3.8) is 0 Å². The number of rotatable bonds is 5. The molecule has 0 aliphatic heterocycles. The Morgan fingerprint density at radius 3 is 2.88 bits per heavy atom. The summed E-state index contributed by atoms with van der Waals surface area (Å²) in [6.07, 6.45) is 1.52. The SMILES string of the molecule is CCOC(=O)CNC(=O)NCc1ccco1. The third-order valence-electron chi connectivity index (χ3n) is 1.70. The van der Waals surface area contributed by atoms with Crippen LogP contribution < -0.4 is 10.6 Å². The summed E-state index contributed by atoms with van der Waals surface area (Å²) in [5.41, 5.74) is 0. The molecule has 0 bridgehead atoms. The molecule has 0 saturated heterocycles. The number of carbonyl (C=O) groups excluding carboxylic acids is 2. The van der Waals surface area contributed by atoms with Gasteiger partial charge in [-0.25, -0.2) is 4.79 Å². The lowest BCUT2D eigenvalue weighted by Crippen LogP contribution is -2.38. The molecular weight excluding hydrogens is 212 g/mol. The average Bonchev–Trinajstić information content (AvgIpc) is 2.77. The molecule has 0 unspecified atom stereocenters. The monoisotopic (exact) mass is 226 g/mol. The smallest absolute Gasteiger partial charge is 0.325 e. The van der Waals surface area contributed by atoms with Gasteiger partial charge in [-0.15, -0.1) is 0 Å². The summed E-state index contributed by atoms with van der Waals surface area (Å²) in [6.45, 7) is 2.14. The highest BCUT2D eigenvalue weighted by Crippen LogP contribution is 1.97. The molecular formula is C10H14N2O4. The Hall–Kier alpha value is -1.98. The van der Waals surface area contributed by atoms with Crippen LogP contribution in [0.1, 0.15) is 12.7 Å². The molecule has 1 aromatic heterocycles. The van der Waals surface area contributed by atoms with E-state index >= 15 is 0 Å². The lowest BCUT2D eigenvalue weighted by Gasteiger charge is -2.05. The van der Waals surface area contributed by atoms with Crippen LogP contribution in [0.4, 0.5) is 4.79 Å². The van der Waals surface area contributed by atoms with Gasteiger partial charge in [0.25, 0.3) is 0 Å². The summed E-state index contributed by atoms with van der Waals surface area (Å²) >= 11 is 0. The van der Waals surface area contributed by atoms with E-state index in [-0.39, 0.29) is 13.1 Å². The van der Waals surface area contributed by atoms with Crippen molar-refractivity contribution >= 4 is 12.0 Å². The number of esters is 1. The number of urea groups is 1. The number of carbonyl (C=O) groups is 2. The lowest BCUT2D eigenvalue weighted by atomic mass is 10.4. The van der Waals surface area contributed by atoms with E-state index in [1.807, 2.05) is 0 Å².